The molecular weight excluding hydrogens is 220 g/mol. The molecule has 0 aromatic rings. The van der Waals surface area contributed by atoms with Crippen LogP contribution in [0.4, 0.5) is 0 Å². The van der Waals surface area contributed by atoms with Crippen molar-refractivity contribution >= 4 is 5.78 Å². The third-order valence-electron chi connectivity index (χ3n) is 2.13. The quantitative estimate of drug-likeness (QED) is 0.722. The lowest BCUT2D eigenvalue weighted by atomic mass is 9.92. The second-order valence-corrected chi connectivity index (χ2v) is 3.59. The normalized spacial score (nSPS) is 22.9. The smallest absolute Gasteiger partial charge is 0.212 e. The van der Waals surface area contributed by atoms with Crippen molar-refractivity contribution in [1.29, 1.82) is 0 Å². The molecule has 0 heterocycles. The van der Waals surface area contributed by atoms with E-state index in [1.165, 1.54) is 20.3 Å². The Bertz CT molecular complexity index is 473. The maximum atomic E-state index is 11.7. The minimum atomic E-state index is -1.88. The first-order valence-electron chi connectivity index (χ1n) is 4.91. The number of ketones is 1. The molecule has 1 aliphatic carbocycles. The lowest BCUT2D eigenvalue weighted by Crippen LogP contribution is -2.37. The van der Waals surface area contributed by atoms with E-state index in [0.717, 1.165) is 6.08 Å². The van der Waals surface area contributed by atoms with Crippen LogP contribution in [0, 0.1) is 11.8 Å². The Hall–Kier alpha value is -1.99. The highest BCUT2D eigenvalue weighted by Gasteiger charge is 2.36. The van der Waals surface area contributed by atoms with Gasteiger partial charge in [0.1, 0.15) is 0 Å². The molecule has 0 saturated heterocycles. The summed E-state index contributed by atoms with van der Waals surface area (Å²) in [6, 6.07) is 0. The van der Waals surface area contributed by atoms with Gasteiger partial charge in [0.15, 0.2) is 11.5 Å². The Morgan fingerprint density at radius 1 is 1.41 bits per heavy atom. The Balaban J connectivity index is 3.18. The molecular formula is C13H14O4. The number of ether oxygens (including phenoxy) is 2. The van der Waals surface area contributed by atoms with E-state index in [9.17, 15) is 9.90 Å². The fraction of sp³-hybridized carbons (Fsp3) is 0.308. The predicted octanol–water partition coefficient (Wildman–Crippen LogP) is 0.940. The van der Waals surface area contributed by atoms with Gasteiger partial charge in [-0.15, -0.1) is 0 Å². The van der Waals surface area contributed by atoms with E-state index < -0.39 is 11.4 Å². The molecule has 0 amide bonds. The fourth-order valence-electron chi connectivity index (χ4n) is 1.25. The summed E-state index contributed by atoms with van der Waals surface area (Å²) in [5.41, 5.74) is -1.33. The molecule has 1 N–H and O–H groups in total. The van der Waals surface area contributed by atoms with E-state index in [2.05, 4.69) is 18.4 Å². The van der Waals surface area contributed by atoms with Crippen LogP contribution in [0.25, 0.3) is 0 Å². The van der Waals surface area contributed by atoms with Gasteiger partial charge in [-0.3, -0.25) is 4.79 Å². The Morgan fingerprint density at radius 2 is 2.00 bits per heavy atom. The van der Waals surface area contributed by atoms with Crippen molar-refractivity contribution in [2.45, 2.75) is 12.5 Å². The van der Waals surface area contributed by atoms with E-state index in [1.54, 1.807) is 6.92 Å². The summed E-state index contributed by atoms with van der Waals surface area (Å²) >= 11 is 0. The first-order valence-corrected chi connectivity index (χ1v) is 4.91. The van der Waals surface area contributed by atoms with Crippen molar-refractivity contribution in [2.24, 2.45) is 0 Å². The summed E-state index contributed by atoms with van der Waals surface area (Å²) in [6.45, 7) is 5.26. The first-order chi connectivity index (χ1) is 7.92. The molecule has 17 heavy (non-hydrogen) atoms. The minimum absolute atomic E-state index is 0.263. The lowest BCUT2D eigenvalue weighted by Gasteiger charge is -2.22. The Labute approximate surface area is 100 Å². The molecule has 0 aromatic heterocycles. The number of methoxy groups -OCH3 is 2. The number of rotatable bonds is 2. The van der Waals surface area contributed by atoms with Gasteiger partial charge in [0.25, 0.3) is 0 Å². The predicted molar refractivity (Wildman–Crippen MR) is 62.7 cm³/mol. The summed E-state index contributed by atoms with van der Waals surface area (Å²) in [7, 11) is 2.83. The summed E-state index contributed by atoms with van der Waals surface area (Å²) in [4.78, 5) is 11.7. The molecule has 0 saturated carbocycles. The van der Waals surface area contributed by atoms with Crippen LogP contribution < -0.4 is 0 Å². The Kier molecular flexibility index (Phi) is 3.77. The highest BCUT2D eigenvalue weighted by molar-refractivity contribution is 6.03. The third kappa shape index (κ3) is 2.77. The van der Waals surface area contributed by atoms with Crippen LogP contribution in [-0.4, -0.2) is 30.7 Å². The summed E-state index contributed by atoms with van der Waals surface area (Å²) in [6.07, 6.45) is 2.38. The summed E-state index contributed by atoms with van der Waals surface area (Å²) in [5, 5.41) is 10.1. The minimum Gasteiger partial charge on any atom is -0.493 e. The third-order valence-corrected chi connectivity index (χ3v) is 2.13. The molecule has 4 nitrogen and oxygen atoms in total. The lowest BCUT2D eigenvalue weighted by molar-refractivity contribution is -0.124. The number of aliphatic hydroxyl groups is 1. The van der Waals surface area contributed by atoms with Gasteiger partial charge in [-0.25, -0.2) is 0 Å². The second kappa shape index (κ2) is 4.89. The monoisotopic (exact) mass is 234 g/mol. The van der Waals surface area contributed by atoms with Gasteiger partial charge < -0.3 is 14.6 Å². The number of hydrogen-bond acceptors (Lipinski definition) is 4. The summed E-state index contributed by atoms with van der Waals surface area (Å²) < 4.78 is 9.96. The summed E-state index contributed by atoms with van der Waals surface area (Å²) in [5.74, 6) is 5.00. The molecule has 4 heteroatoms. The van der Waals surface area contributed by atoms with E-state index >= 15 is 0 Å². The average Bonchev–Trinajstić information content (AvgIpc) is 2.29. The van der Waals surface area contributed by atoms with Crippen molar-refractivity contribution in [2.75, 3.05) is 14.2 Å². The highest BCUT2D eigenvalue weighted by atomic mass is 16.5. The standard InChI is InChI=1S/C13H14O4/c1-9(2)5-6-13(15)8-11(17-4)10(16-3)7-12(13)14/h7-8,15H,1H2,2-4H3/t13-/m0/s1. The van der Waals surface area contributed by atoms with Gasteiger partial charge in [0.2, 0.25) is 11.4 Å². The van der Waals surface area contributed by atoms with E-state index in [4.69, 9.17) is 9.47 Å². The number of allylic oxidation sites excluding steroid dienone is 1. The van der Waals surface area contributed by atoms with Crippen LogP contribution in [0.1, 0.15) is 6.92 Å². The van der Waals surface area contributed by atoms with Gasteiger partial charge in [0.05, 0.1) is 14.2 Å². The number of carbonyl (C=O) groups excluding carboxylic acids is 1. The molecule has 90 valence electrons. The zero-order chi connectivity index (χ0) is 13.1. The van der Waals surface area contributed by atoms with Crippen molar-refractivity contribution in [3.8, 4) is 11.8 Å². The molecule has 0 radical (unpaired) electrons. The molecule has 1 atom stereocenters. The van der Waals surface area contributed by atoms with E-state index in [-0.39, 0.29) is 11.5 Å². The largest absolute Gasteiger partial charge is 0.493 e. The average molecular weight is 234 g/mol. The van der Waals surface area contributed by atoms with Crippen LogP contribution in [-0.2, 0) is 14.3 Å². The SMILES string of the molecule is C=C(C)C#C[C@]1(O)C=C(OC)C(OC)=CC1=O. The zero-order valence-electron chi connectivity index (χ0n) is 10.0. The maximum absolute atomic E-state index is 11.7. The molecule has 0 aromatic carbocycles. The number of carbonyl (C=O) groups is 1. The van der Waals surface area contributed by atoms with Crippen LogP contribution in [0.5, 0.6) is 0 Å². The number of hydrogen-bond donors (Lipinski definition) is 1. The molecule has 1 aliphatic rings. The van der Waals surface area contributed by atoms with E-state index in [1.807, 2.05) is 0 Å². The highest BCUT2D eigenvalue weighted by Crippen LogP contribution is 2.24. The van der Waals surface area contributed by atoms with Crippen molar-refractivity contribution < 1.29 is 19.4 Å². The second-order valence-electron chi connectivity index (χ2n) is 3.59. The van der Waals surface area contributed by atoms with Gasteiger partial charge in [-0.1, -0.05) is 18.4 Å². The molecule has 1 rings (SSSR count). The van der Waals surface area contributed by atoms with Gasteiger partial charge >= 0.3 is 0 Å². The van der Waals surface area contributed by atoms with Crippen LogP contribution in [0.15, 0.2) is 35.8 Å². The topological polar surface area (TPSA) is 55.8 Å². The van der Waals surface area contributed by atoms with Crippen molar-refractivity contribution in [1.82, 2.24) is 0 Å². The van der Waals surface area contributed by atoms with Gasteiger partial charge in [0, 0.05) is 12.2 Å². The molecule has 0 aliphatic heterocycles. The molecule has 0 fully saturated rings. The van der Waals surface area contributed by atoms with Gasteiger partial charge in [-0.2, -0.15) is 0 Å². The van der Waals surface area contributed by atoms with Crippen molar-refractivity contribution in [3.63, 3.8) is 0 Å². The molecule has 0 spiro atoms. The van der Waals surface area contributed by atoms with Gasteiger partial charge in [-0.05, 0) is 12.5 Å². The Morgan fingerprint density at radius 3 is 2.47 bits per heavy atom. The first kappa shape index (κ1) is 13.1. The fourth-order valence-corrected chi connectivity index (χ4v) is 1.25. The van der Waals surface area contributed by atoms with Crippen LogP contribution in [0.3, 0.4) is 0 Å². The zero-order valence-corrected chi connectivity index (χ0v) is 10.0. The maximum Gasteiger partial charge on any atom is 0.212 e. The van der Waals surface area contributed by atoms with Crippen LogP contribution >= 0.6 is 0 Å². The molecule has 0 unspecified atom stereocenters. The molecule has 0 bridgehead atoms. The van der Waals surface area contributed by atoms with Crippen molar-refractivity contribution in [3.05, 3.63) is 35.8 Å². The van der Waals surface area contributed by atoms with Crippen LogP contribution in [0.2, 0.25) is 0 Å². The van der Waals surface area contributed by atoms with E-state index in [0.29, 0.717) is 5.57 Å².